The number of nitrogens with zero attached hydrogens (tertiary/aromatic N) is 3. The van der Waals surface area contributed by atoms with Gasteiger partial charge < -0.3 is 9.64 Å². The van der Waals surface area contributed by atoms with Crippen molar-refractivity contribution in [2.75, 3.05) is 24.6 Å². The van der Waals surface area contributed by atoms with E-state index in [4.69, 9.17) is 4.74 Å². The number of carbonyl (C=O) groups is 1. The fourth-order valence-electron chi connectivity index (χ4n) is 4.38. The second-order valence-electron chi connectivity index (χ2n) is 8.48. The lowest BCUT2D eigenvalue weighted by Gasteiger charge is -2.24. The molecule has 1 aromatic heterocycles. The van der Waals surface area contributed by atoms with Crippen molar-refractivity contribution >= 4 is 29.1 Å². The minimum absolute atomic E-state index is 0.165. The molecule has 1 aliphatic rings. The number of hydrogen-bond donors (Lipinski definition) is 0. The van der Waals surface area contributed by atoms with Crippen LogP contribution in [-0.2, 0) is 9.53 Å². The highest BCUT2D eigenvalue weighted by Gasteiger charge is 2.33. The minimum atomic E-state index is -0.585. The number of fused-ring (bicyclic) bond motifs is 1. The van der Waals surface area contributed by atoms with Crippen molar-refractivity contribution in [1.82, 2.24) is 4.57 Å². The van der Waals surface area contributed by atoms with Crippen molar-refractivity contribution in [2.24, 2.45) is 4.99 Å². The van der Waals surface area contributed by atoms with Crippen LogP contribution in [0.15, 0.2) is 69.6 Å². The van der Waals surface area contributed by atoms with E-state index in [-0.39, 0.29) is 12.2 Å². The molecule has 6 nitrogen and oxygen atoms in total. The van der Waals surface area contributed by atoms with E-state index in [1.165, 1.54) is 11.3 Å². The van der Waals surface area contributed by atoms with E-state index in [0.717, 1.165) is 35.5 Å². The highest BCUT2D eigenvalue weighted by molar-refractivity contribution is 7.07. The summed E-state index contributed by atoms with van der Waals surface area (Å²) >= 11 is 1.34. The van der Waals surface area contributed by atoms with Crippen LogP contribution >= 0.6 is 11.3 Å². The van der Waals surface area contributed by atoms with Crippen LogP contribution in [-0.4, -0.2) is 30.2 Å². The smallest absolute Gasteiger partial charge is 0.338 e. The maximum Gasteiger partial charge on any atom is 0.338 e. The van der Waals surface area contributed by atoms with Gasteiger partial charge >= 0.3 is 5.97 Å². The Balaban J connectivity index is 1.85. The molecular formula is C28H31N3O3S. The van der Waals surface area contributed by atoms with Gasteiger partial charge in [-0.15, -0.1) is 0 Å². The Kier molecular flexibility index (Phi) is 7.36. The molecule has 1 atom stereocenters. The number of aromatic nitrogens is 1. The van der Waals surface area contributed by atoms with Gasteiger partial charge in [-0.25, -0.2) is 9.79 Å². The molecule has 3 aromatic rings. The first-order valence-electron chi connectivity index (χ1n) is 12.0. The van der Waals surface area contributed by atoms with E-state index in [1.807, 2.05) is 49.4 Å². The predicted molar refractivity (Wildman–Crippen MR) is 142 cm³/mol. The van der Waals surface area contributed by atoms with Crippen molar-refractivity contribution in [3.05, 3.63) is 96.2 Å². The van der Waals surface area contributed by atoms with E-state index in [9.17, 15) is 9.59 Å². The van der Waals surface area contributed by atoms with Crippen molar-refractivity contribution in [1.29, 1.82) is 0 Å². The molecule has 1 aliphatic heterocycles. The van der Waals surface area contributed by atoms with Gasteiger partial charge in [0.2, 0.25) is 0 Å². The average molecular weight is 490 g/mol. The number of ether oxygens (including phenoxy) is 1. The van der Waals surface area contributed by atoms with Crippen molar-refractivity contribution in [3.63, 3.8) is 0 Å². The monoisotopic (exact) mass is 489 g/mol. The summed E-state index contributed by atoms with van der Waals surface area (Å²) in [7, 11) is 0. The molecule has 182 valence electrons. The van der Waals surface area contributed by atoms with Crippen LogP contribution in [0.1, 0.15) is 50.4 Å². The molecule has 0 saturated carbocycles. The van der Waals surface area contributed by atoms with Crippen LogP contribution in [0.25, 0.3) is 6.08 Å². The number of benzene rings is 2. The molecule has 4 rings (SSSR count). The lowest BCUT2D eigenvalue weighted by Crippen LogP contribution is -2.39. The summed E-state index contributed by atoms with van der Waals surface area (Å²) in [6.45, 7) is 12.0. The number of thiazole rings is 1. The number of allylic oxidation sites excluding steroid dienone is 1. The lowest BCUT2D eigenvalue weighted by atomic mass is 9.95. The maximum absolute atomic E-state index is 13.7. The van der Waals surface area contributed by atoms with E-state index in [1.54, 1.807) is 18.4 Å². The van der Waals surface area contributed by atoms with Crippen LogP contribution in [0.4, 0.5) is 5.69 Å². The van der Waals surface area contributed by atoms with Gasteiger partial charge in [0.15, 0.2) is 4.80 Å². The highest BCUT2D eigenvalue weighted by Crippen LogP contribution is 2.30. The third-order valence-corrected chi connectivity index (χ3v) is 7.21. The molecule has 7 heteroatoms. The largest absolute Gasteiger partial charge is 0.463 e. The Morgan fingerprint density at radius 1 is 1.06 bits per heavy atom. The number of carbonyl (C=O) groups excluding carboxylic acids is 1. The Hall–Kier alpha value is -3.45. The first-order chi connectivity index (χ1) is 16.9. The molecule has 0 aliphatic carbocycles. The molecule has 0 radical (unpaired) electrons. The van der Waals surface area contributed by atoms with Crippen LogP contribution in [0.3, 0.4) is 0 Å². The maximum atomic E-state index is 13.7. The van der Waals surface area contributed by atoms with Crippen LogP contribution in [0.5, 0.6) is 0 Å². The Labute approximate surface area is 209 Å². The number of esters is 1. The minimum Gasteiger partial charge on any atom is -0.463 e. The summed E-state index contributed by atoms with van der Waals surface area (Å²) in [5.74, 6) is -0.444. The van der Waals surface area contributed by atoms with Crippen LogP contribution in [0, 0.1) is 6.92 Å². The molecule has 0 fully saturated rings. The van der Waals surface area contributed by atoms with Gasteiger partial charge in [0.05, 0.1) is 28.5 Å². The molecule has 2 heterocycles. The molecular weight excluding hydrogens is 458 g/mol. The lowest BCUT2D eigenvalue weighted by molar-refractivity contribution is -0.139. The van der Waals surface area contributed by atoms with Crippen LogP contribution < -0.4 is 19.8 Å². The zero-order valence-electron chi connectivity index (χ0n) is 20.9. The van der Waals surface area contributed by atoms with Crippen molar-refractivity contribution in [2.45, 2.75) is 40.7 Å². The first-order valence-corrected chi connectivity index (χ1v) is 12.8. The van der Waals surface area contributed by atoms with Crippen molar-refractivity contribution < 1.29 is 9.53 Å². The summed E-state index contributed by atoms with van der Waals surface area (Å²) in [5, 5.41) is 0. The van der Waals surface area contributed by atoms with E-state index < -0.39 is 12.0 Å². The SMILES string of the molecule is CCOC(=O)C1=C(C)N=c2s/c(=C\c3ccc(N(CC)CC)cc3)c(=O)n2[C@H]1c1ccc(C)cc1. The molecule has 0 unspecified atom stereocenters. The first kappa shape index (κ1) is 24.7. The normalized spacial score (nSPS) is 15.6. The zero-order valence-corrected chi connectivity index (χ0v) is 21.7. The second kappa shape index (κ2) is 10.4. The summed E-state index contributed by atoms with van der Waals surface area (Å²) in [5.41, 5.74) is 4.86. The summed E-state index contributed by atoms with van der Waals surface area (Å²) in [4.78, 5) is 34.1. The Bertz CT molecular complexity index is 1430. The van der Waals surface area contributed by atoms with Gasteiger partial charge in [0, 0.05) is 18.8 Å². The third kappa shape index (κ3) is 4.86. The fraction of sp³-hybridized carbons (Fsp3) is 0.321. The molecule has 0 saturated heterocycles. The van der Waals surface area contributed by atoms with Gasteiger partial charge in [0.25, 0.3) is 5.56 Å². The summed E-state index contributed by atoms with van der Waals surface area (Å²) in [6.07, 6.45) is 1.89. The molecule has 0 bridgehead atoms. The number of aryl methyl sites for hydroxylation is 1. The number of rotatable bonds is 7. The van der Waals surface area contributed by atoms with Gasteiger partial charge in [-0.2, -0.15) is 0 Å². The van der Waals surface area contributed by atoms with Crippen molar-refractivity contribution in [3.8, 4) is 0 Å². The zero-order chi connectivity index (χ0) is 25.1. The average Bonchev–Trinajstić information content (AvgIpc) is 3.15. The van der Waals surface area contributed by atoms with Gasteiger partial charge in [0.1, 0.15) is 0 Å². The molecule has 0 amide bonds. The van der Waals surface area contributed by atoms with E-state index >= 15 is 0 Å². The van der Waals surface area contributed by atoms with Gasteiger partial charge in [-0.3, -0.25) is 9.36 Å². The predicted octanol–water partition coefficient (Wildman–Crippen LogP) is 3.95. The second-order valence-corrected chi connectivity index (χ2v) is 9.49. The highest BCUT2D eigenvalue weighted by atomic mass is 32.1. The number of anilines is 1. The summed E-state index contributed by atoms with van der Waals surface area (Å²) < 4.78 is 7.56. The topological polar surface area (TPSA) is 63.9 Å². The number of hydrogen-bond acceptors (Lipinski definition) is 6. The fourth-order valence-corrected chi connectivity index (χ4v) is 5.42. The molecule has 2 aromatic carbocycles. The quantitative estimate of drug-likeness (QED) is 0.472. The Morgan fingerprint density at radius 2 is 1.71 bits per heavy atom. The molecule has 35 heavy (non-hydrogen) atoms. The van der Waals surface area contributed by atoms with Gasteiger partial charge in [-0.1, -0.05) is 53.3 Å². The van der Waals surface area contributed by atoms with Crippen LogP contribution in [0.2, 0.25) is 0 Å². The van der Waals surface area contributed by atoms with Gasteiger partial charge in [-0.05, 0) is 64.0 Å². The molecule has 0 spiro atoms. The standard InChI is InChI=1S/C28H31N3O3S/c1-6-30(7-2)22-15-11-20(12-16-22)17-23-26(32)31-25(21-13-9-18(4)10-14-21)24(27(33)34-8-3)19(5)29-28(31)35-23/h9-17,25H,6-8H2,1-5H3/b23-17-/t25-/m0/s1. The molecule has 0 N–H and O–H groups in total. The van der Waals surface area contributed by atoms with E-state index in [0.29, 0.717) is 20.6 Å². The Morgan fingerprint density at radius 3 is 2.31 bits per heavy atom. The summed E-state index contributed by atoms with van der Waals surface area (Å²) in [6, 6.07) is 15.5. The third-order valence-electron chi connectivity index (χ3n) is 6.23. The van der Waals surface area contributed by atoms with E-state index in [2.05, 4.69) is 35.9 Å².